The Morgan fingerprint density at radius 2 is 2.19 bits per heavy atom. The van der Waals surface area contributed by atoms with Crippen molar-refractivity contribution in [1.82, 2.24) is 19.7 Å². The maximum absolute atomic E-state index is 13.2. The largest absolute Gasteiger partial charge is 0.497 e. The van der Waals surface area contributed by atoms with E-state index >= 15 is 0 Å². The van der Waals surface area contributed by atoms with E-state index < -0.39 is 0 Å². The summed E-state index contributed by atoms with van der Waals surface area (Å²) in [6.07, 6.45) is 5.19. The molecule has 0 N–H and O–H groups in total. The third-order valence-corrected chi connectivity index (χ3v) is 6.42. The number of aromatic nitrogens is 3. The molecule has 3 aromatic rings. The van der Waals surface area contributed by atoms with E-state index in [-0.39, 0.29) is 17.7 Å². The van der Waals surface area contributed by atoms with Crippen molar-refractivity contribution < 1.29 is 18.7 Å². The molecule has 9 heteroatoms. The lowest BCUT2D eigenvalue weighted by atomic mass is 10.0. The Labute approximate surface area is 191 Å². The van der Waals surface area contributed by atoms with Crippen molar-refractivity contribution in [2.45, 2.75) is 30.6 Å². The van der Waals surface area contributed by atoms with Crippen LogP contribution in [0.25, 0.3) is 11.6 Å². The minimum atomic E-state index is -0.0436. The van der Waals surface area contributed by atoms with Crippen LogP contribution >= 0.6 is 11.8 Å². The third-order valence-electron chi connectivity index (χ3n) is 5.46. The van der Waals surface area contributed by atoms with Gasteiger partial charge in [-0.05, 0) is 43.2 Å². The molecule has 1 aliphatic heterocycles. The van der Waals surface area contributed by atoms with E-state index in [9.17, 15) is 4.79 Å². The molecule has 0 aliphatic carbocycles. The van der Waals surface area contributed by atoms with Crippen molar-refractivity contribution >= 4 is 17.7 Å². The van der Waals surface area contributed by atoms with Gasteiger partial charge >= 0.3 is 0 Å². The van der Waals surface area contributed by atoms with E-state index in [1.54, 1.807) is 32.6 Å². The Morgan fingerprint density at radius 1 is 1.31 bits per heavy atom. The van der Waals surface area contributed by atoms with Crippen molar-refractivity contribution in [2.75, 3.05) is 26.5 Å². The summed E-state index contributed by atoms with van der Waals surface area (Å²) >= 11 is 1.37. The quantitative estimate of drug-likeness (QED) is 0.354. The summed E-state index contributed by atoms with van der Waals surface area (Å²) in [5.74, 6) is 3.06. The van der Waals surface area contributed by atoms with E-state index in [0.717, 1.165) is 29.9 Å². The van der Waals surface area contributed by atoms with Crippen LogP contribution in [0.15, 0.2) is 58.8 Å². The summed E-state index contributed by atoms with van der Waals surface area (Å²) in [5.41, 5.74) is 0.970. The number of thioether (sulfide) groups is 1. The van der Waals surface area contributed by atoms with E-state index in [1.807, 2.05) is 33.7 Å². The van der Waals surface area contributed by atoms with Gasteiger partial charge in [-0.2, -0.15) is 0 Å². The Morgan fingerprint density at radius 3 is 2.91 bits per heavy atom. The first-order chi connectivity index (χ1) is 15.7. The van der Waals surface area contributed by atoms with Gasteiger partial charge in [-0.25, -0.2) is 0 Å². The SMILES string of the molecule is C=CCn1c(SCC(=O)N2CCCC2c2cc(OC)ccc2OC)nnc1-c1ccco1. The molecular weight excluding hydrogens is 428 g/mol. The van der Waals surface area contributed by atoms with Gasteiger partial charge in [0.05, 0.1) is 32.3 Å². The third kappa shape index (κ3) is 4.38. The number of ether oxygens (including phenoxy) is 2. The molecule has 1 aliphatic rings. The molecule has 1 fully saturated rings. The molecule has 4 rings (SSSR count). The van der Waals surface area contributed by atoms with Crippen LogP contribution in [0.3, 0.4) is 0 Å². The van der Waals surface area contributed by atoms with Gasteiger partial charge in [-0.3, -0.25) is 9.36 Å². The minimum absolute atomic E-state index is 0.0436. The number of amides is 1. The Balaban J connectivity index is 1.51. The number of rotatable bonds is 9. The predicted molar refractivity (Wildman–Crippen MR) is 122 cm³/mol. The van der Waals surface area contributed by atoms with Gasteiger partial charge in [0, 0.05) is 18.7 Å². The molecule has 0 bridgehead atoms. The zero-order chi connectivity index (χ0) is 22.5. The van der Waals surface area contributed by atoms with Crippen LogP contribution in [0.4, 0.5) is 0 Å². The Bertz CT molecular complexity index is 1080. The number of hydrogen-bond acceptors (Lipinski definition) is 7. The van der Waals surface area contributed by atoms with Crippen LogP contribution in [-0.4, -0.2) is 52.1 Å². The highest BCUT2D eigenvalue weighted by Crippen LogP contribution is 2.39. The van der Waals surface area contributed by atoms with Gasteiger partial charge in [0.25, 0.3) is 0 Å². The summed E-state index contributed by atoms with van der Waals surface area (Å²) < 4.78 is 18.3. The van der Waals surface area contributed by atoms with E-state index in [4.69, 9.17) is 13.9 Å². The van der Waals surface area contributed by atoms with Crippen molar-refractivity contribution in [2.24, 2.45) is 0 Å². The van der Waals surface area contributed by atoms with Crippen LogP contribution in [0.5, 0.6) is 11.5 Å². The highest BCUT2D eigenvalue weighted by Gasteiger charge is 2.32. The fraction of sp³-hybridized carbons (Fsp3) is 0.348. The van der Waals surface area contributed by atoms with Gasteiger partial charge in [0.1, 0.15) is 11.5 Å². The average Bonchev–Trinajstić information content (AvgIpc) is 3.58. The lowest BCUT2D eigenvalue weighted by Gasteiger charge is -2.26. The fourth-order valence-corrected chi connectivity index (χ4v) is 4.81. The second-order valence-corrected chi connectivity index (χ2v) is 8.27. The van der Waals surface area contributed by atoms with Crippen molar-refractivity contribution in [3.63, 3.8) is 0 Å². The molecule has 2 aromatic heterocycles. The number of hydrogen-bond donors (Lipinski definition) is 0. The molecule has 1 saturated heterocycles. The number of methoxy groups -OCH3 is 2. The topological polar surface area (TPSA) is 82.6 Å². The molecule has 0 saturated carbocycles. The summed E-state index contributed by atoms with van der Waals surface area (Å²) in [7, 11) is 3.28. The maximum Gasteiger partial charge on any atom is 0.233 e. The molecule has 8 nitrogen and oxygen atoms in total. The first kappa shape index (κ1) is 22.0. The number of carbonyl (C=O) groups is 1. The highest BCUT2D eigenvalue weighted by molar-refractivity contribution is 7.99. The molecule has 0 radical (unpaired) electrons. The van der Waals surface area contributed by atoms with Crippen LogP contribution in [0, 0.1) is 0 Å². The number of allylic oxidation sites excluding steroid dienone is 1. The van der Waals surface area contributed by atoms with E-state index in [0.29, 0.717) is 29.8 Å². The van der Waals surface area contributed by atoms with Crippen molar-refractivity contribution in [3.8, 4) is 23.1 Å². The van der Waals surface area contributed by atoms with Crippen molar-refractivity contribution in [3.05, 3.63) is 54.8 Å². The zero-order valence-corrected chi connectivity index (χ0v) is 19.0. The summed E-state index contributed by atoms with van der Waals surface area (Å²) in [6, 6.07) is 9.30. The van der Waals surface area contributed by atoms with Crippen LogP contribution in [-0.2, 0) is 11.3 Å². The summed E-state index contributed by atoms with van der Waals surface area (Å²) in [6.45, 7) is 5.05. The minimum Gasteiger partial charge on any atom is -0.497 e. The number of likely N-dealkylation sites (tertiary alicyclic amines) is 1. The molecular formula is C23H26N4O4S. The molecule has 0 spiro atoms. The number of carbonyl (C=O) groups excluding carboxylic acids is 1. The van der Waals surface area contributed by atoms with Gasteiger partial charge in [-0.15, -0.1) is 16.8 Å². The molecule has 3 heterocycles. The molecule has 1 unspecified atom stereocenters. The second-order valence-electron chi connectivity index (χ2n) is 7.32. The molecule has 168 valence electrons. The van der Waals surface area contributed by atoms with Gasteiger partial charge < -0.3 is 18.8 Å². The fourth-order valence-electron chi connectivity index (χ4n) is 3.97. The second kappa shape index (κ2) is 9.95. The van der Waals surface area contributed by atoms with Crippen LogP contribution in [0.2, 0.25) is 0 Å². The maximum atomic E-state index is 13.2. The lowest BCUT2D eigenvalue weighted by Crippen LogP contribution is -2.32. The van der Waals surface area contributed by atoms with E-state index in [2.05, 4.69) is 16.8 Å². The molecule has 32 heavy (non-hydrogen) atoms. The van der Waals surface area contributed by atoms with Gasteiger partial charge in [0.15, 0.2) is 10.9 Å². The van der Waals surface area contributed by atoms with Gasteiger partial charge in [-0.1, -0.05) is 17.8 Å². The van der Waals surface area contributed by atoms with Crippen molar-refractivity contribution in [1.29, 1.82) is 0 Å². The summed E-state index contributed by atoms with van der Waals surface area (Å²) in [5, 5.41) is 9.18. The number of furan rings is 1. The number of nitrogens with zero attached hydrogens (tertiary/aromatic N) is 4. The standard InChI is InChI=1S/C23H26N4O4S/c1-4-11-27-22(20-8-6-13-31-20)24-25-23(27)32-15-21(28)26-12-5-7-18(26)17-14-16(29-2)9-10-19(17)30-3/h4,6,8-10,13-14,18H,1,5,7,11-12,15H2,2-3H3. The first-order valence-electron chi connectivity index (χ1n) is 10.4. The van der Waals surface area contributed by atoms with E-state index in [1.165, 1.54) is 11.8 Å². The zero-order valence-electron chi connectivity index (χ0n) is 18.2. The molecule has 1 aromatic carbocycles. The normalized spacial score (nSPS) is 15.7. The van der Waals surface area contributed by atoms with Crippen LogP contribution in [0.1, 0.15) is 24.4 Å². The summed E-state index contributed by atoms with van der Waals surface area (Å²) in [4.78, 5) is 15.1. The molecule has 1 amide bonds. The van der Waals surface area contributed by atoms with Crippen LogP contribution < -0.4 is 9.47 Å². The predicted octanol–water partition coefficient (Wildman–Crippen LogP) is 4.20. The highest BCUT2D eigenvalue weighted by atomic mass is 32.2. The molecule has 1 atom stereocenters. The Hall–Kier alpha value is -3.20. The smallest absolute Gasteiger partial charge is 0.233 e. The lowest BCUT2D eigenvalue weighted by molar-refractivity contribution is -0.129. The van der Waals surface area contributed by atoms with Gasteiger partial charge in [0.2, 0.25) is 11.7 Å². The first-order valence-corrected chi connectivity index (χ1v) is 11.4. The number of benzene rings is 1. The average molecular weight is 455 g/mol. The monoisotopic (exact) mass is 454 g/mol. The Kier molecular flexibility index (Phi) is 6.84.